The van der Waals surface area contributed by atoms with Crippen molar-refractivity contribution in [3.8, 4) is 17.2 Å². The topological polar surface area (TPSA) is 44.2 Å². The van der Waals surface area contributed by atoms with E-state index in [0.717, 1.165) is 0 Å². The molecule has 4 rings (SSSR count). The zero-order chi connectivity index (χ0) is 21.3. The Morgan fingerprint density at radius 1 is 1.00 bits per heavy atom. The number of nitrogens with zero attached hydrogens (tertiary/aromatic N) is 2. The summed E-state index contributed by atoms with van der Waals surface area (Å²) in [7, 11) is 0. The van der Waals surface area contributed by atoms with E-state index in [1.54, 1.807) is 56.6 Å². The molecule has 0 aliphatic rings. The Kier molecular flexibility index (Phi) is 5.50. The molecule has 0 aliphatic carbocycles. The van der Waals surface area contributed by atoms with E-state index >= 15 is 0 Å². The van der Waals surface area contributed by atoms with Gasteiger partial charge in [0.1, 0.15) is 40.5 Å². The second-order valence-corrected chi connectivity index (χ2v) is 7.09. The van der Waals surface area contributed by atoms with Crippen molar-refractivity contribution in [3.05, 3.63) is 88.8 Å². The van der Waals surface area contributed by atoms with Gasteiger partial charge in [-0.15, -0.1) is 0 Å². The first-order chi connectivity index (χ1) is 14.4. The number of aryl methyl sites for hydroxylation is 1. The van der Waals surface area contributed by atoms with Crippen molar-refractivity contribution in [2.24, 2.45) is 0 Å². The van der Waals surface area contributed by atoms with Crippen LogP contribution in [0.25, 0.3) is 10.9 Å². The predicted octanol–water partition coefficient (Wildman–Crippen LogP) is 6.80. The van der Waals surface area contributed by atoms with Gasteiger partial charge in [0.25, 0.3) is 0 Å². The van der Waals surface area contributed by atoms with Crippen molar-refractivity contribution >= 4 is 22.5 Å². The van der Waals surface area contributed by atoms with Gasteiger partial charge in [0.05, 0.1) is 22.5 Å². The molecule has 0 spiro atoms. The second kappa shape index (κ2) is 8.24. The highest BCUT2D eigenvalue weighted by Gasteiger charge is 2.22. The van der Waals surface area contributed by atoms with Gasteiger partial charge in [-0.2, -0.15) is 0 Å². The third kappa shape index (κ3) is 3.91. The predicted molar refractivity (Wildman–Crippen MR) is 111 cm³/mol. The fourth-order valence-corrected chi connectivity index (χ4v) is 3.46. The smallest absolute Gasteiger partial charge is 0.149 e. The number of hydrogen-bond acceptors (Lipinski definition) is 4. The fourth-order valence-electron chi connectivity index (χ4n) is 3.15. The third-order valence-corrected chi connectivity index (χ3v) is 4.99. The molecule has 2 aromatic carbocycles. The van der Waals surface area contributed by atoms with Crippen LogP contribution in [0.4, 0.5) is 8.78 Å². The lowest BCUT2D eigenvalue weighted by molar-refractivity contribution is 0.221. The van der Waals surface area contributed by atoms with Gasteiger partial charge in [-0.25, -0.2) is 13.8 Å². The van der Waals surface area contributed by atoms with Gasteiger partial charge in [0.15, 0.2) is 0 Å². The minimum absolute atomic E-state index is 0.0960. The Hall–Kier alpha value is -3.25. The molecule has 0 radical (unpaired) electrons. The first kappa shape index (κ1) is 20.0. The molecule has 0 amide bonds. The van der Waals surface area contributed by atoms with Gasteiger partial charge in [-0.1, -0.05) is 23.7 Å². The Morgan fingerprint density at radius 3 is 2.60 bits per heavy atom. The van der Waals surface area contributed by atoms with Gasteiger partial charge < -0.3 is 9.47 Å². The molecule has 0 fully saturated rings. The summed E-state index contributed by atoms with van der Waals surface area (Å²) in [6.45, 7) is 3.45. The molecular formula is C23H17ClF2N2O2. The van der Waals surface area contributed by atoms with Gasteiger partial charge in [0, 0.05) is 11.6 Å². The summed E-state index contributed by atoms with van der Waals surface area (Å²) in [5, 5.41) is 0.492. The molecule has 0 saturated carbocycles. The summed E-state index contributed by atoms with van der Waals surface area (Å²) in [5.41, 5.74) is 1.09. The van der Waals surface area contributed by atoms with E-state index in [4.69, 9.17) is 21.1 Å². The van der Waals surface area contributed by atoms with Crippen molar-refractivity contribution in [2.45, 2.75) is 20.0 Å². The van der Waals surface area contributed by atoms with Gasteiger partial charge >= 0.3 is 0 Å². The van der Waals surface area contributed by atoms with Crippen molar-refractivity contribution in [1.29, 1.82) is 0 Å². The molecule has 0 saturated heterocycles. The molecule has 30 heavy (non-hydrogen) atoms. The largest absolute Gasteiger partial charge is 0.484 e. The quantitative estimate of drug-likeness (QED) is 0.352. The molecule has 2 heterocycles. The molecule has 0 aliphatic heterocycles. The van der Waals surface area contributed by atoms with E-state index in [9.17, 15) is 8.78 Å². The monoisotopic (exact) mass is 426 g/mol. The molecule has 152 valence electrons. The molecule has 4 nitrogen and oxygen atoms in total. The number of benzene rings is 2. The van der Waals surface area contributed by atoms with Crippen LogP contribution >= 0.6 is 11.6 Å². The SMILES string of the molecule is Cc1nc2c(F)cccc2cc1Oc1ccc(F)c(Cl)c1C(C)Oc1cccnc1. The van der Waals surface area contributed by atoms with Crippen molar-refractivity contribution in [2.75, 3.05) is 0 Å². The van der Waals surface area contributed by atoms with Crippen LogP contribution in [0.3, 0.4) is 0 Å². The van der Waals surface area contributed by atoms with Crippen molar-refractivity contribution in [3.63, 3.8) is 0 Å². The van der Waals surface area contributed by atoms with Gasteiger partial charge in [-0.05, 0) is 50.2 Å². The normalized spacial score (nSPS) is 12.0. The number of fused-ring (bicyclic) bond motifs is 1. The molecule has 7 heteroatoms. The van der Waals surface area contributed by atoms with Crippen LogP contribution in [0.2, 0.25) is 5.02 Å². The number of halogens is 3. The van der Waals surface area contributed by atoms with Crippen LogP contribution in [-0.4, -0.2) is 9.97 Å². The number of para-hydroxylation sites is 1. The van der Waals surface area contributed by atoms with E-state index in [-0.39, 0.29) is 10.5 Å². The van der Waals surface area contributed by atoms with Crippen molar-refractivity contribution < 1.29 is 18.3 Å². The summed E-state index contributed by atoms with van der Waals surface area (Å²) >= 11 is 6.27. The summed E-state index contributed by atoms with van der Waals surface area (Å²) in [5.74, 6) is 0.238. The van der Waals surface area contributed by atoms with E-state index in [0.29, 0.717) is 33.9 Å². The van der Waals surface area contributed by atoms with Crippen LogP contribution in [0.5, 0.6) is 17.2 Å². The van der Waals surface area contributed by atoms with Crippen LogP contribution in [0, 0.1) is 18.6 Å². The summed E-state index contributed by atoms with van der Waals surface area (Å²) in [6.07, 6.45) is 2.55. The number of aromatic nitrogens is 2. The summed E-state index contributed by atoms with van der Waals surface area (Å²) in [6, 6.07) is 12.6. The van der Waals surface area contributed by atoms with Gasteiger partial charge in [0.2, 0.25) is 0 Å². The highest BCUT2D eigenvalue weighted by Crippen LogP contribution is 2.39. The first-order valence-electron chi connectivity index (χ1n) is 9.22. The Balaban J connectivity index is 1.74. The first-order valence-corrected chi connectivity index (χ1v) is 9.60. The maximum absolute atomic E-state index is 14.2. The van der Waals surface area contributed by atoms with Crippen molar-refractivity contribution in [1.82, 2.24) is 9.97 Å². The highest BCUT2D eigenvalue weighted by atomic mass is 35.5. The number of pyridine rings is 2. The Bertz CT molecular complexity index is 1220. The summed E-state index contributed by atoms with van der Waals surface area (Å²) in [4.78, 5) is 8.31. The molecule has 0 bridgehead atoms. The average Bonchev–Trinajstić information content (AvgIpc) is 2.73. The lowest BCUT2D eigenvalue weighted by Crippen LogP contribution is -2.07. The average molecular weight is 427 g/mol. The van der Waals surface area contributed by atoms with Gasteiger partial charge in [-0.3, -0.25) is 4.98 Å². The number of ether oxygens (including phenoxy) is 2. The van der Waals surface area contributed by atoms with Crippen LogP contribution in [0.15, 0.2) is 60.9 Å². The molecule has 0 N–H and O–H groups in total. The van der Waals surface area contributed by atoms with E-state index in [2.05, 4.69) is 9.97 Å². The molecule has 2 aromatic heterocycles. The Morgan fingerprint density at radius 2 is 1.83 bits per heavy atom. The van der Waals surface area contributed by atoms with Crippen LogP contribution in [0.1, 0.15) is 24.3 Å². The number of hydrogen-bond donors (Lipinski definition) is 0. The minimum Gasteiger partial charge on any atom is -0.484 e. The highest BCUT2D eigenvalue weighted by molar-refractivity contribution is 6.31. The standard InChI is InChI=1S/C23H17ClF2N2O2/c1-13-20(11-15-5-3-7-18(26)23(15)28-13)30-19-9-8-17(25)22(24)21(19)14(2)29-16-6-4-10-27-12-16/h3-12,14H,1-2H3. The lowest BCUT2D eigenvalue weighted by atomic mass is 10.1. The third-order valence-electron chi connectivity index (χ3n) is 4.61. The summed E-state index contributed by atoms with van der Waals surface area (Å²) < 4.78 is 40.2. The number of rotatable bonds is 5. The van der Waals surface area contributed by atoms with E-state index < -0.39 is 17.7 Å². The van der Waals surface area contributed by atoms with Crippen LogP contribution < -0.4 is 9.47 Å². The lowest BCUT2D eigenvalue weighted by Gasteiger charge is -2.20. The molecule has 1 unspecified atom stereocenters. The molecular weight excluding hydrogens is 410 g/mol. The second-order valence-electron chi connectivity index (χ2n) is 6.71. The fraction of sp³-hybridized carbons (Fsp3) is 0.130. The molecule has 4 aromatic rings. The zero-order valence-corrected chi connectivity index (χ0v) is 17.0. The van der Waals surface area contributed by atoms with Crippen LogP contribution in [-0.2, 0) is 0 Å². The minimum atomic E-state index is -0.626. The van der Waals surface area contributed by atoms with E-state index in [1.165, 1.54) is 18.2 Å². The maximum Gasteiger partial charge on any atom is 0.149 e. The zero-order valence-electron chi connectivity index (χ0n) is 16.2. The van der Waals surface area contributed by atoms with E-state index in [1.807, 2.05) is 0 Å². The maximum atomic E-state index is 14.2. The Labute approximate surface area is 177 Å². The molecule has 1 atom stereocenters.